The van der Waals surface area contributed by atoms with Crippen LogP contribution in [0.25, 0.3) is 10.9 Å². The van der Waals surface area contributed by atoms with E-state index < -0.39 is 5.97 Å². The number of anilines is 1. The zero-order chi connectivity index (χ0) is 26.2. The number of esters is 1. The molecule has 1 N–H and O–H groups in total. The average molecular weight is 505 g/mol. The van der Waals surface area contributed by atoms with Gasteiger partial charge in [-0.15, -0.1) is 0 Å². The number of rotatable bonds is 5. The summed E-state index contributed by atoms with van der Waals surface area (Å²) in [6, 6.07) is 23.9. The van der Waals surface area contributed by atoms with Gasteiger partial charge in [0.15, 0.2) is 17.3 Å². The summed E-state index contributed by atoms with van der Waals surface area (Å²) in [6.45, 7) is 3.67. The van der Waals surface area contributed by atoms with Crippen molar-refractivity contribution in [3.05, 3.63) is 107 Å². The van der Waals surface area contributed by atoms with Gasteiger partial charge in [0.05, 0.1) is 12.1 Å². The first kappa shape index (κ1) is 23.9. The van der Waals surface area contributed by atoms with Crippen LogP contribution < -0.4 is 14.8 Å². The van der Waals surface area contributed by atoms with E-state index in [2.05, 4.69) is 34.6 Å². The SMILES string of the molecule is CCOc1cc([C@H]2C3=C(C[C@H](c4ccccc4)CC3=O)Nc3ccc4ncccc4c32)ccc1OC(C)=O. The molecule has 0 unspecified atom stereocenters. The molecule has 0 spiro atoms. The zero-order valence-electron chi connectivity index (χ0n) is 21.4. The number of hydrogen-bond donors (Lipinski definition) is 1. The maximum atomic E-state index is 14.0. The number of hydrogen-bond acceptors (Lipinski definition) is 6. The van der Waals surface area contributed by atoms with E-state index in [4.69, 9.17) is 9.47 Å². The van der Waals surface area contributed by atoms with Gasteiger partial charge in [-0.2, -0.15) is 0 Å². The Labute approximate surface area is 221 Å². The van der Waals surface area contributed by atoms with Crippen LogP contribution >= 0.6 is 0 Å². The highest BCUT2D eigenvalue weighted by atomic mass is 16.6. The molecule has 38 heavy (non-hydrogen) atoms. The fraction of sp³-hybridized carbons (Fsp3) is 0.219. The van der Waals surface area contributed by atoms with Crippen molar-refractivity contribution in [3.63, 3.8) is 0 Å². The molecule has 1 aromatic heterocycles. The topological polar surface area (TPSA) is 77.5 Å². The Morgan fingerprint density at radius 3 is 2.61 bits per heavy atom. The van der Waals surface area contributed by atoms with Crippen LogP contribution in [-0.4, -0.2) is 23.3 Å². The predicted octanol–water partition coefficient (Wildman–Crippen LogP) is 6.52. The molecule has 1 aliphatic carbocycles. The average Bonchev–Trinajstić information content (AvgIpc) is 2.93. The molecular weight excluding hydrogens is 476 g/mol. The summed E-state index contributed by atoms with van der Waals surface area (Å²) in [7, 11) is 0. The normalized spacial score (nSPS) is 18.4. The lowest BCUT2D eigenvalue weighted by Gasteiger charge is -2.37. The second-order valence-electron chi connectivity index (χ2n) is 9.72. The number of ether oxygens (including phenoxy) is 2. The molecule has 0 saturated carbocycles. The van der Waals surface area contributed by atoms with Gasteiger partial charge in [-0.1, -0.05) is 42.5 Å². The summed E-state index contributed by atoms with van der Waals surface area (Å²) < 4.78 is 11.3. The molecule has 2 aliphatic rings. The van der Waals surface area contributed by atoms with Crippen LogP contribution in [0.5, 0.6) is 11.5 Å². The molecule has 0 amide bonds. The van der Waals surface area contributed by atoms with Gasteiger partial charge in [0, 0.05) is 47.8 Å². The highest BCUT2D eigenvalue weighted by molar-refractivity contribution is 6.04. The Kier molecular flexibility index (Phi) is 6.16. The van der Waals surface area contributed by atoms with Crippen molar-refractivity contribution in [1.29, 1.82) is 0 Å². The second-order valence-corrected chi connectivity index (χ2v) is 9.72. The Hall–Kier alpha value is -4.45. The maximum absolute atomic E-state index is 14.0. The van der Waals surface area contributed by atoms with E-state index in [1.165, 1.54) is 12.5 Å². The Morgan fingerprint density at radius 1 is 0.974 bits per heavy atom. The van der Waals surface area contributed by atoms with Crippen LogP contribution in [0.15, 0.2) is 90.3 Å². The van der Waals surface area contributed by atoms with Crippen molar-refractivity contribution < 1.29 is 19.1 Å². The number of nitrogens with one attached hydrogen (secondary N) is 1. The number of nitrogens with zero attached hydrogens (tertiary/aromatic N) is 1. The van der Waals surface area contributed by atoms with Gasteiger partial charge in [-0.25, -0.2) is 0 Å². The molecule has 6 rings (SSSR count). The number of fused-ring (bicyclic) bond motifs is 3. The van der Waals surface area contributed by atoms with Crippen molar-refractivity contribution in [2.75, 3.05) is 11.9 Å². The number of pyridine rings is 1. The van der Waals surface area contributed by atoms with E-state index in [9.17, 15) is 9.59 Å². The number of aromatic nitrogens is 1. The van der Waals surface area contributed by atoms with E-state index in [0.29, 0.717) is 24.5 Å². The van der Waals surface area contributed by atoms with Gasteiger partial charge in [-0.05, 0) is 66.3 Å². The quantitative estimate of drug-likeness (QED) is 0.246. The third kappa shape index (κ3) is 4.22. The summed E-state index contributed by atoms with van der Waals surface area (Å²) in [5.41, 5.74) is 6.67. The van der Waals surface area contributed by atoms with Crippen molar-refractivity contribution >= 4 is 28.3 Å². The molecule has 6 nitrogen and oxygen atoms in total. The number of benzene rings is 3. The minimum Gasteiger partial charge on any atom is -0.490 e. The molecule has 0 radical (unpaired) electrons. The Bertz CT molecular complexity index is 1590. The summed E-state index contributed by atoms with van der Waals surface area (Å²) in [6.07, 6.45) is 2.97. The van der Waals surface area contributed by atoms with Crippen molar-refractivity contribution in [2.24, 2.45) is 0 Å². The van der Waals surface area contributed by atoms with Crippen molar-refractivity contribution in [3.8, 4) is 11.5 Å². The first-order valence-corrected chi connectivity index (χ1v) is 12.9. The van der Waals surface area contributed by atoms with Gasteiger partial charge in [0.1, 0.15) is 0 Å². The van der Waals surface area contributed by atoms with Crippen molar-refractivity contribution in [1.82, 2.24) is 4.98 Å². The summed E-state index contributed by atoms with van der Waals surface area (Å²) >= 11 is 0. The highest BCUT2D eigenvalue weighted by Crippen LogP contribution is 2.50. The minimum atomic E-state index is -0.414. The van der Waals surface area contributed by atoms with E-state index in [0.717, 1.165) is 45.4 Å². The summed E-state index contributed by atoms with van der Waals surface area (Å²) in [5.74, 6) is 0.360. The molecule has 0 saturated heterocycles. The fourth-order valence-corrected chi connectivity index (χ4v) is 5.79. The van der Waals surface area contributed by atoms with Crippen LogP contribution in [0, 0.1) is 0 Å². The lowest BCUT2D eigenvalue weighted by molar-refractivity contribution is -0.132. The van der Waals surface area contributed by atoms with E-state index in [-0.39, 0.29) is 17.6 Å². The largest absolute Gasteiger partial charge is 0.490 e. The van der Waals surface area contributed by atoms with Crippen LogP contribution in [-0.2, 0) is 9.59 Å². The first-order valence-electron chi connectivity index (χ1n) is 12.9. The van der Waals surface area contributed by atoms with Gasteiger partial charge < -0.3 is 14.8 Å². The molecule has 2 atom stereocenters. The molecule has 3 aromatic carbocycles. The van der Waals surface area contributed by atoms with E-state index >= 15 is 0 Å². The predicted molar refractivity (Wildman–Crippen MR) is 147 cm³/mol. The third-order valence-electron chi connectivity index (χ3n) is 7.32. The van der Waals surface area contributed by atoms with Gasteiger partial charge >= 0.3 is 5.97 Å². The van der Waals surface area contributed by atoms with Gasteiger partial charge in [0.2, 0.25) is 0 Å². The number of allylic oxidation sites excluding steroid dienone is 2. The number of carbonyl (C=O) groups is 2. The molecular formula is C32H28N2O4. The molecule has 0 fully saturated rings. The molecule has 4 aromatic rings. The number of Topliss-reactive ketones (excluding diaryl/α,β-unsaturated/α-hetero) is 1. The lowest BCUT2D eigenvalue weighted by Crippen LogP contribution is -2.30. The van der Waals surface area contributed by atoms with Crippen molar-refractivity contribution in [2.45, 2.75) is 38.5 Å². The van der Waals surface area contributed by atoms with Crippen LogP contribution in [0.4, 0.5) is 5.69 Å². The van der Waals surface area contributed by atoms with Crippen LogP contribution in [0.2, 0.25) is 0 Å². The van der Waals surface area contributed by atoms with E-state index in [1.807, 2.05) is 49.4 Å². The fourth-order valence-electron chi connectivity index (χ4n) is 5.79. The molecule has 1 aliphatic heterocycles. The molecule has 190 valence electrons. The monoisotopic (exact) mass is 504 g/mol. The smallest absolute Gasteiger partial charge is 0.308 e. The zero-order valence-corrected chi connectivity index (χ0v) is 21.4. The van der Waals surface area contributed by atoms with Gasteiger partial charge in [-0.3, -0.25) is 14.6 Å². The molecule has 0 bridgehead atoms. The number of ketones is 1. The maximum Gasteiger partial charge on any atom is 0.308 e. The highest BCUT2D eigenvalue weighted by Gasteiger charge is 2.39. The number of carbonyl (C=O) groups excluding carboxylic acids is 2. The Balaban J connectivity index is 1.54. The standard InChI is InChI=1S/C32H28N2O4/c1-3-37-29-18-21(11-14-28(29)38-19(2)35)30-31-23-10-7-15-33-24(23)12-13-25(31)34-26-16-22(17-27(36)32(26)30)20-8-5-4-6-9-20/h4-15,18,22,30,34H,3,16-17H2,1-2H3/t22-,30+/m0/s1. The van der Waals surface area contributed by atoms with Crippen LogP contribution in [0.1, 0.15) is 55.2 Å². The Morgan fingerprint density at radius 2 is 1.82 bits per heavy atom. The first-order chi connectivity index (χ1) is 18.5. The van der Waals surface area contributed by atoms with Crippen LogP contribution in [0.3, 0.4) is 0 Å². The summed E-state index contributed by atoms with van der Waals surface area (Å²) in [4.78, 5) is 30.2. The minimum absolute atomic E-state index is 0.115. The lowest BCUT2D eigenvalue weighted by atomic mass is 9.71. The van der Waals surface area contributed by atoms with E-state index in [1.54, 1.807) is 12.3 Å². The second kappa shape index (κ2) is 9.78. The summed E-state index contributed by atoms with van der Waals surface area (Å²) in [5, 5.41) is 4.62. The molecule has 6 heteroatoms. The third-order valence-corrected chi connectivity index (χ3v) is 7.32. The van der Waals surface area contributed by atoms with Gasteiger partial charge in [0.25, 0.3) is 0 Å². The molecule has 2 heterocycles.